The second-order valence-electron chi connectivity index (χ2n) is 9.24. The maximum atomic E-state index is 13.1. The SMILES string of the molecule is N[C@@H]1C(=O)N2C(C(=O)O)=C(C=C3CCN(Cc4cc[n+](CC(=O)Nc5cccc(O)c5)cc4)C3=O)CS[C@H]12. The molecule has 12 heteroatoms. The molecule has 3 amide bonds. The van der Waals surface area contributed by atoms with Gasteiger partial charge in [-0.05, 0) is 35.8 Å². The van der Waals surface area contributed by atoms with Gasteiger partial charge in [0.15, 0.2) is 12.4 Å². The molecule has 11 nitrogen and oxygen atoms in total. The van der Waals surface area contributed by atoms with Gasteiger partial charge in [-0.25, -0.2) is 4.79 Å². The van der Waals surface area contributed by atoms with Gasteiger partial charge in [0.25, 0.3) is 5.91 Å². The number of thioether (sulfide) groups is 1. The lowest BCUT2D eigenvalue weighted by atomic mass is 10.0. The van der Waals surface area contributed by atoms with Crippen LogP contribution in [0.15, 0.2) is 71.7 Å². The smallest absolute Gasteiger partial charge is 0.352 e. The molecule has 2 atom stereocenters. The third-order valence-corrected chi connectivity index (χ3v) is 7.92. The van der Waals surface area contributed by atoms with Crippen LogP contribution in [0.2, 0.25) is 0 Å². The average Bonchev–Trinajstić information content (AvgIpc) is 3.22. The molecular weight excluding hydrogens is 510 g/mol. The van der Waals surface area contributed by atoms with Crippen LogP contribution in [0.3, 0.4) is 0 Å². The van der Waals surface area contributed by atoms with Gasteiger partial charge < -0.3 is 26.2 Å². The van der Waals surface area contributed by atoms with Crippen LogP contribution in [-0.2, 0) is 32.3 Å². The molecule has 2 aromatic rings. The maximum Gasteiger partial charge on any atom is 0.352 e. The molecule has 0 aliphatic carbocycles. The Morgan fingerprint density at radius 2 is 1.97 bits per heavy atom. The number of nitrogens with one attached hydrogen (secondary N) is 1. The van der Waals surface area contributed by atoms with E-state index in [2.05, 4.69) is 5.32 Å². The number of benzene rings is 1. The average molecular weight is 537 g/mol. The fraction of sp³-hybridized carbons (Fsp3) is 0.269. The number of phenolic OH excluding ortho intramolecular Hbond substituents is 1. The van der Waals surface area contributed by atoms with Crippen LogP contribution < -0.4 is 15.6 Å². The number of amides is 3. The number of fused-ring (bicyclic) bond motifs is 1. The van der Waals surface area contributed by atoms with Crippen LogP contribution in [0.5, 0.6) is 5.75 Å². The fourth-order valence-corrected chi connectivity index (χ4v) is 5.93. The number of aromatic hydroxyl groups is 1. The second kappa shape index (κ2) is 10.3. The van der Waals surface area contributed by atoms with Crippen molar-refractivity contribution in [2.75, 3.05) is 17.6 Å². The summed E-state index contributed by atoms with van der Waals surface area (Å²) in [5.41, 5.74) is 8.03. The van der Waals surface area contributed by atoms with Crippen molar-refractivity contribution in [2.24, 2.45) is 5.73 Å². The number of nitrogens with two attached hydrogens (primary N) is 1. The van der Waals surface area contributed by atoms with Gasteiger partial charge in [-0.3, -0.25) is 19.3 Å². The van der Waals surface area contributed by atoms with E-state index in [9.17, 15) is 29.4 Å². The predicted octanol–water partition coefficient (Wildman–Crippen LogP) is 0.558. The number of aliphatic carboxylic acids is 1. The number of allylic oxidation sites excluding steroid dienone is 1. The summed E-state index contributed by atoms with van der Waals surface area (Å²) in [6.07, 6.45) is 5.58. The van der Waals surface area contributed by atoms with Crippen molar-refractivity contribution in [1.82, 2.24) is 9.80 Å². The minimum absolute atomic E-state index is 0.0653. The number of likely N-dealkylation sites (tertiary alicyclic amines) is 1. The topological polar surface area (TPSA) is 157 Å². The van der Waals surface area contributed by atoms with Gasteiger partial charge in [0, 0.05) is 48.3 Å². The molecule has 3 aliphatic heterocycles. The monoisotopic (exact) mass is 536 g/mol. The van der Waals surface area contributed by atoms with Gasteiger partial charge in [0.2, 0.25) is 18.4 Å². The van der Waals surface area contributed by atoms with Crippen LogP contribution in [0.25, 0.3) is 0 Å². The first kappa shape index (κ1) is 25.5. The Morgan fingerprint density at radius 3 is 2.68 bits per heavy atom. The Labute approximate surface area is 222 Å². The summed E-state index contributed by atoms with van der Waals surface area (Å²) in [6.45, 7) is 0.939. The molecule has 0 spiro atoms. The van der Waals surface area contributed by atoms with E-state index in [1.807, 2.05) is 12.1 Å². The van der Waals surface area contributed by atoms with Crippen molar-refractivity contribution in [3.63, 3.8) is 0 Å². The highest BCUT2D eigenvalue weighted by molar-refractivity contribution is 8.00. The van der Waals surface area contributed by atoms with Gasteiger partial charge in [0.05, 0.1) is 0 Å². The number of phenols is 1. The van der Waals surface area contributed by atoms with Crippen LogP contribution in [0.1, 0.15) is 12.0 Å². The third kappa shape index (κ3) is 5.00. The van der Waals surface area contributed by atoms with Gasteiger partial charge >= 0.3 is 5.97 Å². The molecule has 5 N–H and O–H groups in total. The Balaban J connectivity index is 1.21. The van der Waals surface area contributed by atoms with Crippen LogP contribution in [-0.4, -0.2) is 67.4 Å². The number of hydrogen-bond donors (Lipinski definition) is 4. The highest BCUT2D eigenvalue weighted by Gasteiger charge is 2.51. The zero-order valence-corrected chi connectivity index (χ0v) is 21.1. The molecule has 38 heavy (non-hydrogen) atoms. The number of carboxylic acid groups (broad SMARTS) is 1. The molecular formula is C26H26N5O6S+. The van der Waals surface area contributed by atoms with E-state index in [4.69, 9.17) is 5.73 Å². The lowest BCUT2D eigenvalue weighted by Crippen LogP contribution is -2.68. The fourth-order valence-electron chi connectivity index (χ4n) is 4.68. The summed E-state index contributed by atoms with van der Waals surface area (Å²) in [5, 5.41) is 21.6. The molecule has 0 bridgehead atoms. The van der Waals surface area contributed by atoms with Crippen molar-refractivity contribution in [1.29, 1.82) is 0 Å². The molecule has 2 fully saturated rings. The van der Waals surface area contributed by atoms with Crippen LogP contribution in [0, 0.1) is 0 Å². The number of aromatic nitrogens is 1. The molecule has 1 aromatic carbocycles. The Morgan fingerprint density at radius 1 is 1.21 bits per heavy atom. The first-order chi connectivity index (χ1) is 18.2. The van der Waals surface area contributed by atoms with Crippen LogP contribution >= 0.6 is 11.8 Å². The Bertz CT molecular complexity index is 1390. The molecule has 3 aliphatic rings. The van der Waals surface area contributed by atoms with Gasteiger partial charge in [-0.1, -0.05) is 6.07 Å². The summed E-state index contributed by atoms with van der Waals surface area (Å²) < 4.78 is 1.70. The summed E-state index contributed by atoms with van der Waals surface area (Å²) in [5.74, 6) is -1.63. The van der Waals surface area contributed by atoms with E-state index in [0.717, 1.165) is 5.56 Å². The first-order valence-corrected chi connectivity index (χ1v) is 13.0. The lowest BCUT2D eigenvalue weighted by molar-refractivity contribution is -0.684. The summed E-state index contributed by atoms with van der Waals surface area (Å²) in [7, 11) is 0. The standard InChI is InChI=1S/C26H25N5O6S/c27-21-24(35)31-22(26(36)37)17(14-38-25(21)31)10-16-6-9-30(23(16)34)12-15-4-7-29(8-5-15)13-20(33)28-18-2-1-3-19(32)11-18/h1-5,7-8,10-11,21,25H,6,9,12-14,27H2,(H2-,28,32,33,36,37)/p+1/t21-,25-/m1/s1. The highest BCUT2D eigenvalue weighted by Crippen LogP contribution is 2.40. The zero-order valence-electron chi connectivity index (χ0n) is 20.2. The number of pyridine rings is 1. The van der Waals surface area contributed by atoms with Gasteiger partial charge in [-0.2, -0.15) is 4.57 Å². The van der Waals surface area contributed by atoms with Crippen molar-refractivity contribution >= 4 is 41.1 Å². The molecule has 0 unspecified atom stereocenters. The molecule has 196 valence electrons. The molecule has 5 rings (SSSR count). The van der Waals surface area contributed by atoms with E-state index < -0.39 is 17.9 Å². The number of nitrogens with zero attached hydrogens (tertiary/aromatic N) is 3. The quantitative estimate of drug-likeness (QED) is 0.227. The largest absolute Gasteiger partial charge is 0.508 e. The zero-order chi connectivity index (χ0) is 27.0. The van der Waals surface area contributed by atoms with Crippen molar-refractivity contribution in [3.05, 3.63) is 77.3 Å². The molecule has 2 saturated heterocycles. The van der Waals surface area contributed by atoms with Crippen molar-refractivity contribution in [3.8, 4) is 5.75 Å². The van der Waals surface area contributed by atoms with E-state index in [0.29, 0.717) is 42.1 Å². The van der Waals surface area contributed by atoms with E-state index in [1.54, 1.807) is 40.1 Å². The molecule has 0 radical (unpaired) electrons. The first-order valence-electron chi connectivity index (χ1n) is 11.9. The predicted molar refractivity (Wildman–Crippen MR) is 137 cm³/mol. The third-order valence-electron chi connectivity index (χ3n) is 6.59. The molecule has 4 heterocycles. The summed E-state index contributed by atoms with van der Waals surface area (Å²) >= 11 is 1.40. The minimum Gasteiger partial charge on any atom is -0.508 e. The van der Waals surface area contributed by atoms with Crippen molar-refractivity contribution in [2.45, 2.75) is 30.9 Å². The Kier molecular flexibility index (Phi) is 6.91. The highest BCUT2D eigenvalue weighted by atomic mass is 32.2. The van der Waals surface area contributed by atoms with E-state index >= 15 is 0 Å². The number of rotatable bonds is 7. The number of β-lactam (4-membered cyclic amide) rings is 1. The number of carbonyl (C=O) groups excluding carboxylic acids is 3. The van der Waals surface area contributed by atoms with Gasteiger partial charge in [0.1, 0.15) is 22.9 Å². The number of anilines is 1. The minimum atomic E-state index is -1.21. The van der Waals surface area contributed by atoms with Crippen molar-refractivity contribution < 1.29 is 34.0 Å². The summed E-state index contributed by atoms with van der Waals surface area (Å²) in [4.78, 5) is 52.3. The number of carboxylic acids is 1. The lowest BCUT2D eigenvalue weighted by Gasteiger charge is -2.47. The Hall–Kier alpha value is -4.16. The normalized spacial score (nSPS) is 22.0. The van der Waals surface area contributed by atoms with E-state index in [1.165, 1.54) is 28.8 Å². The number of carbonyl (C=O) groups is 4. The number of hydrogen-bond acceptors (Lipinski definition) is 7. The molecule has 1 aromatic heterocycles. The molecule has 0 saturated carbocycles. The van der Waals surface area contributed by atoms with Gasteiger partial charge in [-0.15, -0.1) is 11.8 Å². The second-order valence-corrected chi connectivity index (χ2v) is 10.3. The van der Waals surface area contributed by atoms with E-state index in [-0.39, 0.29) is 35.2 Å². The van der Waals surface area contributed by atoms with Crippen LogP contribution in [0.4, 0.5) is 5.69 Å². The maximum absolute atomic E-state index is 13.1. The summed E-state index contributed by atoms with van der Waals surface area (Å²) in [6, 6.07) is 9.27.